The van der Waals surface area contributed by atoms with Gasteiger partial charge in [-0.2, -0.15) is 4.31 Å². The molecule has 2 aliphatic rings. The summed E-state index contributed by atoms with van der Waals surface area (Å²) in [6.45, 7) is 2.86. The third kappa shape index (κ3) is 4.87. The van der Waals surface area contributed by atoms with E-state index in [2.05, 4.69) is 20.3 Å². The molecular formula is C23H29N7O4S2. The van der Waals surface area contributed by atoms with Gasteiger partial charge in [0.15, 0.2) is 0 Å². The molecule has 0 aromatic carbocycles. The van der Waals surface area contributed by atoms with Gasteiger partial charge in [-0.05, 0) is 25.8 Å². The molecule has 1 aliphatic carbocycles. The molecule has 13 heteroatoms. The van der Waals surface area contributed by atoms with E-state index in [0.717, 1.165) is 25.7 Å². The molecule has 0 atom stereocenters. The van der Waals surface area contributed by atoms with Crippen LogP contribution in [0.1, 0.15) is 37.0 Å². The summed E-state index contributed by atoms with van der Waals surface area (Å²) in [5.74, 6) is 0.297. The number of nitrogens with zero attached hydrogens (tertiary/aromatic N) is 6. The lowest BCUT2D eigenvalue weighted by Crippen LogP contribution is -2.49. The van der Waals surface area contributed by atoms with E-state index in [4.69, 9.17) is 0 Å². The Kier molecular flexibility index (Phi) is 7.04. The van der Waals surface area contributed by atoms with Gasteiger partial charge in [-0.25, -0.2) is 23.4 Å². The maximum absolute atomic E-state index is 13.7. The summed E-state index contributed by atoms with van der Waals surface area (Å²) in [4.78, 5) is 41.6. The second-order valence-corrected chi connectivity index (χ2v) is 12.3. The normalized spacial score (nSPS) is 18.0. The number of rotatable bonds is 6. The molecule has 1 saturated heterocycles. The average Bonchev–Trinajstić information content (AvgIpc) is 3.24. The van der Waals surface area contributed by atoms with Gasteiger partial charge in [0.25, 0.3) is 5.56 Å². The van der Waals surface area contributed by atoms with Gasteiger partial charge in [-0.15, -0.1) is 11.3 Å². The highest BCUT2D eigenvalue weighted by Gasteiger charge is 2.34. The van der Waals surface area contributed by atoms with Crippen molar-refractivity contribution < 1.29 is 13.2 Å². The molecule has 0 bridgehead atoms. The maximum atomic E-state index is 13.7. The smallest absolute Gasteiger partial charge is 0.263 e. The third-order valence-corrected chi connectivity index (χ3v) is 9.97. The van der Waals surface area contributed by atoms with Gasteiger partial charge < -0.3 is 10.2 Å². The van der Waals surface area contributed by atoms with Crippen molar-refractivity contribution in [1.29, 1.82) is 0 Å². The molecular weight excluding hydrogens is 502 g/mol. The number of anilines is 1. The number of carbonyl (C=O) groups excluding carboxylic acids is 1. The van der Waals surface area contributed by atoms with Crippen LogP contribution >= 0.6 is 11.3 Å². The number of fused-ring (bicyclic) bond motifs is 1. The van der Waals surface area contributed by atoms with E-state index in [-0.39, 0.29) is 41.9 Å². The number of hydrogen-bond donors (Lipinski definition) is 1. The summed E-state index contributed by atoms with van der Waals surface area (Å²) in [7, 11) is -3.95. The second kappa shape index (κ2) is 10.2. The minimum Gasteiger partial charge on any atom is -0.352 e. The Hall–Kier alpha value is -2.90. The van der Waals surface area contributed by atoms with Crippen LogP contribution in [0.4, 0.5) is 5.95 Å². The van der Waals surface area contributed by atoms with Crippen LogP contribution in [0.25, 0.3) is 10.2 Å². The number of hydrogen-bond acceptors (Lipinski definition) is 9. The quantitative estimate of drug-likeness (QED) is 0.507. The van der Waals surface area contributed by atoms with Crippen molar-refractivity contribution in [2.24, 2.45) is 0 Å². The molecule has 36 heavy (non-hydrogen) atoms. The minimum atomic E-state index is -3.95. The maximum Gasteiger partial charge on any atom is 0.263 e. The van der Waals surface area contributed by atoms with E-state index < -0.39 is 15.6 Å². The van der Waals surface area contributed by atoms with Crippen molar-refractivity contribution in [2.45, 2.75) is 56.5 Å². The SMILES string of the molecule is Cc1sc2ncn(CC(=O)NC3CCCCC3)c(=O)c2c1S(=O)(=O)N1CCN(c2ncccn2)CC1. The Balaban J connectivity index is 1.38. The summed E-state index contributed by atoms with van der Waals surface area (Å²) < 4.78 is 30.0. The van der Waals surface area contributed by atoms with Crippen LogP contribution < -0.4 is 15.8 Å². The van der Waals surface area contributed by atoms with Gasteiger partial charge >= 0.3 is 0 Å². The summed E-state index contributed by atoms with van der Waals surface area (Å²) in [5, 5.41) is 3.05. The first-order chi connectivity index (χ1) is 17.3. The standard InChI is InChI=1S/C23H29N7O4S2/c1-16-20(36(33,34)30-12-10-28(11-13-30)23-24-8-5-9-25-23)19-21(35-16)26-15-29(22(19)32)14-18(31)27-17-6-3-2-4-7-17/h5,8-9,15,17H,2-4,6-7,10-14H2,1H3,(H,27,31). The van der Waals surface area contributed by atoms with Crippen molar-refractivity contribution >= 4 is 43.4 Å². The zero-order valence-corrected chi connectivity index (χ0v) is 21.7. The van der Waals surface area contributed by atoms with E-state index in [1.54, 1.807) is 25.4 Å². The topological polar surface area (TPSA) is 130 Å². The van der Waals surface area contributed by atoms with Gasteiger partial charge in [0, 0.05) is 49.5 Å². The number of aryl methyl sites for hydroxylation is 1. The van der Waals surface area contributed by atoms with Crippen LogP contribution in [0.3, 0.4) is 0 Å². The first kappa shape index (κ1) is 24.8. The first-order valence-electron chi connectivity index (χ1n) is 12.1. The number of carbonyl (C=O) groups is 1. The van der Waals surface area contributed by atoms with Crippen LogP contribution in [0.5, 0.6) is 0 Å². The fourth-order valence-corrected chi connectivity index (χ4v) is 8.01. The number of nitrogens with one attached hydrogen (secondary N) is 1. The predicted molar refractivity (Wildman–Crippen MR) is 137 cm³/mol. The highest BCUT2D eigenvalue weighted by Crippen LogP contribution is 2.33. The zero-order chi connectivity index (χ0) is 25.3. The number of aromatic nitrogens is 4. The van der Waals surface area contributed by atoms with Crippen molar-refractivity contribution in [3.05, 3.63) is 40.0 Å². The Bertz CT molecular complexity index is 1410. The van der Waals surface area contributed by atoms with Gasteiger partial charge in [-0.1, -0.05) is 19.3 Å². The molecule has 5 rings (SSSR count). The fraction of sp³-hybridized carbons (Fsp3) is 0.522. The number of amides is 1. The number of thiophene rings is 1. The highest BCUT2D eigenvalue weighted by molar-refractivity contribution is 7.89. The lowest BCUT2D eigenvalue weighted by Gasteiger charge is -2.33. The molecule has 3 aromatic heterocycles. The molecule has 0 unspecified atom stereocenters. The second-order valence-electron chi connectivity index (χ2n) is 9.19. The van der Waals surface area contributed by atoms with Crippen LogP contribution in [0, 0.1) is 6.92 Å². The van der Waals surface area contributed by atoms with Crippen LogP contribution in [0.2, 0.25) is 0 Å². The Labute approximate surface area is 213 Å². The van der Waals surface area contributed by atoms with Crippen LogP contribution in [-0.2, 0) is 21.4 Å². The van der Waals surface area contributed by atoms with Crippen LogP contribution in [0.15, 0.2) is 34.5 Å². The Morgan fingerprint density at radius 1 is 1.08 bits per heavy atom. The molecule has 11 nitrogen and oxygen atoms in total. The number of piperazine rings is 1. The van der Waals surface area contributed by atoms with E-state index in [0.29, 0.717) is 28.7 Å². The predicted octanol–water partition coefficient (Wildman–Crippen LogP) is 1.52. The molecule has 1 N–H and O–H groups in total. The molecule has 1 aliphatic heterocycles. The molecule has 4 heterocycles. The van der Waals surface area contributed by atoms with Gasteiger partial charge in [0.05, 0.1) is 11.7 Å². The lowest BCUT2D eigenvalue weighted by atomic mass is 9.95. The highest BCUT2D eigenvalue weighted by atomic mass is 32.2. The molecule has 192 valence electrons. The van der Waals surface area contributed by atoms with E-state index in [1.807, 2.05) is 4.90 Å². The number of sulfonamides is 1. The zero-order valence-electron chi connectivity index (χ0n) is 20.1. The van der Waals surface area contributed by atoms with Crippen molar-refractivity contribution in [1.82, 2.24) is 29.1 Å². The first-order valence-corrected chi connectivity index (χ1v) is 14.4. The van der Waals surface area contributed by atoms with Crippen molar-refractivity contribution in [3.8, 4) is 0 Å². The third-order valence-electron chi connectivity index (χ3n) is 6.76. The molecule has 0 radical (unpaired) electrons. The largest absolute Gasteiger partial charge is 0.352 e. The average molecular weight is 532 g/mol. The van der Waals surface area contributed by atoms with Crippen molar-refractivity contribution in [2.75, 3.05) is 31.1 Å². The van der Waals surface area contributed by atoms with Crippen LogP contribution in [-0.4, -0.2) is 70.4 Å². The molecule has 0 spiro atoms. The minimum absolute atomic E-state index is 0.00792. The molecule has 2 fully saturated rings. The van der Waals surface area contributed by atoms with Gasteiger partial charge in [0.2, 0.25) is 21.9 Å². The summed E-state index contributed by atoms with van der Waals surface area (Å²) >= 11 is 1.18. The summed E-state index contributed by atoms with van der Waals surface area (Å²) in [6, 6.07) is 1.85. The summed E-state index contributed by atoms with van der Waals surface area (Å²) in [6.07, 6.45) is 9.86. The summed E-state index contributed by atoms with van der Waals surface area (Å²) in [5.41, 5.74) is -0.516. The molecule has 1 amide bonds. The van der Waals surface area contributed by atoms with E-state index in [1.165, 1.54) is 33.0 Å². The lowest BCUT2D eigenvalue weighted by molar-refractivity contribution is -0.122. The molecule has 1 saturated carbocycles. The van der Waals surface area contributed by atoms with Crippen molar-refractivity contribution in [3.63, 3.8) is 0 Å². The van der Waals surface area contributed by atoms with E-state index in [9.17, 15) is 18.0 Å². The van der Waals surface area contributed by atoms with Gasteiger partial charge in [-0.3, -0.25) is 14.2 Å². The fourth-order valence-electron chi connectivity index (χ4n) is 4.92. The van der Waals surface area contributed by atoms with Gasteiger partial charge in [0.1, 0.15) is 16.3 Å². The van der Waals surface area contributed by atoms with E-state index >= 15 is 0 Å². The molecule has 3 aromatic rings. The Morgan fingerprint density at radius 2 is 1.78 bits per heavy atom. The Morgan fingerprint density at radius 3 is 2.47 bits per heavy atom. The monoisotopic (exact) mass is 531 g/mol.